The van der Waals surface area contributed by atoms with Crippen molar-refractivity contribution in [1.29, 1.82) is 0 Å². The lowest BCUT2D eigenvalue weighted by atomic mass is 10.1. The third kappa shape index (κ3) is 4.70. The number of hydrogen-bond acceptors (Lipinski definition) is 5. The molecule has 1 saturated carbocycles. The number of aryl methyl sites for hydroxylation is 1. The summed E-state index contributed by atoms with van der Waals surface area (Å²) in [4.78, 5) is 15.9. The second-order valence-electron chi connectivity index (χ2n) is 7.80. The number of fused-ring (bicyclic) bond motifs is 1. The molecule has 162 valence electrons. The van der Waals surface area contributed by atoms with Gasteiger partial charge in [-0.25, -0.2) is 13.1 Å². The van der Waals surface area contributed by atoms with Crippen LogP contribution in [0.3, 0.4) is 0 Å². The maximum Gasteiger partial charge on any atom is 0.308 e. The van der Waals surface area contributed by atoms with Gasteiger partial charge in [0.25, 0.3) is 0 Å². The topological polar surface area (TPSA) is 106 Å². The molecule has 7 nitrogen and oxygen atoms in total. The average molecular weight is 441 g/mol. The van der Waals surface area contributed by atoms with E-state index < -0.39 is 28.0 Å². The molecule has 1 heterocycles. The molecule has 0 radical (unpaired) electrons. The van der Waals surface area contributed by atoms with Gasteiger partial charge >= 0.3 is 5.97 Å². The van der Waals surface area contributed by atoms with Crippen LogP contribution in [0.5, 0.6) is 5.75 Å². The standard InChI is InChI=1S/C23H24N2O5S/c1-15-13-16(19-5-2-3-7-21(19)24-15)14-30-17-9-11-18(12-10-17)31(28,29)25-22-8-4-6-20(22)23(26)27/h2-3,5,7,9-13,20,22,25H,4,6,8,14H2,1H3,(H,26,27)/t20-,22+/m0/s1. The summed E-state index contributed by atoms with van der Waals surface area (Å²) in [6.45, 7) is 2.26. The van der Waals surface area contributed by atoms with Crippen molar-refractivity contribution in [2.75, 3.05) is 0 Å². The van der Waals surface area contributed by atoms with E-state index in [1.807, 2.05) is 37.3 Å². The van der Waals surface area contributed by atoms with E-state index in [1.165, 1.54) is 12.1 Å². The first kappa shape index (κ1) is 21.3. The van der Waals surface area contributed by atoms with Crippen molar-refractivity contribution in [3.63, 3.8) is 0 Å². The number of ether oxygens (including phenoxy) is 1. The van der Waals surface area contributed by atoms with Gasteiger partial charge in [-0.2, -0.15) is 0 Å². The Morgan fingerprint density at radius 1 is 1.16 bits per heavy atom. The minimum Gasteiger partial charge on any atom is -0.489 e. The van der Waals surface area contributed by atoms with Crippen LogP contribution in [0.25, 0.3) is 10.9 Å². The van der Waals surface area contributed by atoms with Crippen LogP contribution in [-0.2, 0) is 21.4 Å². The highest BCUT2D eigenvalue weighted by Gasteiger charge is 2.35. The van der Waals surface area contributed by atoms with Crippen LogP contribution >= 0.6 is 0 Å². The van der Waals surface area contributed by atoms with E-state index >= 15 is 0 Å². The van der Waals surface area contributed by atoms with Crippen molar-refractivity contribution in [3.05, 3.63) is 65.9 Å². The van der Waals surface area contributed by atoms with Crippen LogP contribution in [0.4, 0.5) is 0 Å². The van der Waals surface area contributed by atoms with Crippen LogP contribution in [0.2, 0.25) is 0 Å². The number of para-hydroxylation sites is 1. The number of aromatic nitrogens is 1. The number of rotatable bonds is 7. The van der Waals surface area contributed by atoms with E-state index in [1.54, 1.807) is 12.1 Å². The summed E-state index contributed by atoms with van der Waals surface area (Å²) in [5, 5.41) is 10.3. The zero-order chi connectivity index (χ0) is 22.0. The first-order valence-corrected chi connectivity index (χ1v) is 11.6. The van der Waals surface area contributed by atoms with Crippen LogP contribution < -0.4 is 9.46 Å². The SMILES string of the molecule is Cc1cc(COc2ccc(S(=O)(=O)N[C@@H]3CCC[C@@H]3C(=O)O)cc2)c2ccccc2n1. The summed E-state index contributed by atoms with van der Waals surface area (Å²) in [6.07, 6.45) is 1.70. The Balaban J connectivity index is 1.46. The van der Waals surface area contributed by atoms with Crippen LogP contribution in [0.1, 0.15) is 30.5 Å². The molecule has 4 rings (SSSR count). The number of aliphatic carboxylic acids is 1. The fraction of sp³-hybridized carbons (Fsp3) is 0.304. The lowest BCUT2D eigenvalue weighted by Crippen LogP contribution is -2.40. The normalized spacial score (nSPS) is 18.9. The molecule has 8 heteroatoms. The molecule has 0 aliphatic heterocycles. The molecule has 1 aromatic heterocycles. The molecule has 31 heavy (non-hydrogen) atoms. The van der Waals surface area contributed by atoms with E-state index in [-0.39, 0.29) is 4.90 Å². The summed E-state index contributed by atoms with van der Waals surface area (Å²) in [5.41, 5.74) is 2.80. The number of carboxylic acid groups (broad SMARTS) is 1. The first-order chi connectivity index (χ1) is 14.8. The highest BCUT2D eigenvalue weighted by Crippen LogP contribution is 2.28. The van der Waals surface area contributed by atoms with Crippen LogP contribution in [-0.4, -0.2) is 30.5 Å². The average Bonchev–Trinajstić information content (AvgIpc) is 3.20. The van der Waals surface area contributed by atoms with E-state index in [2.05, 4.69) is 9.71 Å². The van der Waals surface area contributed by atoms with Gasteiger partial charge in [0, 0.05) is 22.7 Å². The first-order valence-electron chi connectivity index (χ1n) is 10.2. The molecule has 2 aromatic carbocycles. The van der Waals surface area contributed by atoms with Gasteiger partial charge in [-0.15, -0.1) is 0 Å². The number of nitrogens with one attached hydrogen (secondary N) is 1. The van der Waals surface area contributed by atoms with Crippen molar-refractivity contribution in [1.82, 2.24) is 9.71 Å². The van der Waals surface area contributed by atoms with Crippen molar-refractivity contribution in [3.8, 4) is 5.75 Å². The third-order valence-electron chi connectivity index (χ3n) is 5.60. The summed E-state index contributed by atoms with van der Waals surface area (Å²) < 4.78 is 33.8. The van der Waals surface area contributed by atoms with E-state index in [9.17, 15) is 18.3 Å². The molecular formula is C23H24N2O5S. The Morgan fingerprint density at radius 3 is 2.65 bits per heavy atom. The Labute approximate surface area is 181 Å². The van der Waals surface area contributed by atoms with Crippen LogP contribution in [0, 0.1) is 12.8 Å². The Morgan fingerprint density at radius 2 is 1.90 bits per heavy atom. The highest BCUT2D eigenvalue weighted by atomic mass is 32.2. The van der Waals surface area contributed by atoms with Gasteiger partial charge in [-0.05, 0) is 56.2 Å². The summed E-state index contributed by atoms with van der Waals surface area (Å²) in [6, 6.07) is 15.4. The monoisotopic (exact) mass is 440 g/mol. The molecule has 0 amide bonds. The number of pyridine rings is 1. The van der Waals surface area contributed by atoms with Crippen molar-refractivity contribution in [2.24, 2.45) is 5.92 Å². The maximum absolute atomic E-state index is 12.7. The number of carbonyl (C=O) groups is 1. The Kier molecular flexibility index (Phi) is 5.93. The molecule has 3 aromatic rings. The fourth-order valence-electron chi connectivity index (χ4n) is 4.05. The predicted octanol–water partition coefficient (Wildman–Crippen LogP) is 3.65. The molecule has 1 aliphatic rings. The van der Waals surface area contributed by atoms with Gasteiger partial charge in [-0.3, -0.25) is 9.78 Å². The van der Waals surface area contributed by atoms with Gasteiger partial charge < -0.3 is 9.84 Å². The Bertz CT molecular complexity index is 1210. The summed E-state index contributed by atoms with van der Waals surface area (Å²) >= 11 is 0. The fourth-order valence-corrected chi connectivity index (χ4v) is 5.37. The molecular weight excluding hydrogens is 416 g/mol. The second-order valence-corrected chi connectivity index (χ2v) is 9.52. The molecule has 0 unspecified atom stereocenters. The lowest BCUT2D eigenvalue weighted by molar-refractivity contribution is -0.141. The van der Waals surface area contributed by atoms with E-state index in [4.69, 9.17) is 4.74 Å². The maximum atomic E-state index is 12.7. The van der Waals surface area contributed by atoms with E-state index in [0.717, 1.165) is 22.2 Å². The minimum absolute atomic E-state index is 0.0843. The van der Waals surface area contributed by atoms with E-state index in [0.29, 0.717) is 31.6 Å². The van der Waals surface area contributed by atoms with Gasteiger partial charge in [0.1, 0.15) is 12.4 Å². The summed E-state index contributed by atoms with van der Waals surface area (Å²) in [7, 11) is -3.81. The quantitative estimate of drug-likeness (QED) is 0.581. The summed E-state index contributed by atoms with van der Waals surface area (Å²) in [5.74, 6) is -1.11. The van der Waals surface area contributed by atoms with Crippen LogP contribution in [0.15, 0.2) is 59.5 Å². The molecule has 2 N–H and O–H groups in total. The molecule has 2 atom stereocenters. The van der Waals surface area contributed by atoms with Gasteiger partial charge in [0.15, 0.2) is 0 Å². The smallest absolute Gasteiger partial charge is 0.308 e. The molecule has 1 fully saturated rings. The highest BCUT2D eigenvalue weighted by molar-refractivity contribution is 7.89. The molecule has 1 aliphatic carbocycles. The van der Waals surface area contributed by atoms with Crippen molar-refractivity contribution >= 4 is 26.9 Å². The van der Waals surface area contributed by atoms with Crippen molar-refractivity contribution < 1.29 is 23.1 Å². The minimum atomic E-state index is -3.81. The van der Waals surface area contributed by atoms with Gasteiger partial charge in [-0.1, -0.05) is 24.6 Å². The number of hydrogen-bond donors (Lipinski definition) is 2. The predicted molar refractivity (Wildman–Crippen MR) is 116 cm³/mol. The molecule has 0 spiro atoms. The van der Waals surface area contributed by atoms with Gasteiger partial charge in [0.05, 0.1) is 16.3 Å². The lowest BCUT2D eigenvalue weighted by Gasteiger charge is -2.17. The van der Waals surface area contributed by atoms with Gasteiger partial charge in [0.2, 0.25) is 10.0 Å². The number of benzene rings is 2. The largest absolute Gasteiger partial charge is 0.489 e. The number of carboxylic acids is 1. The molecule has 0 bridgehead atoms. The second kappa shape index (κ2) is 8.64. The number of sulfonamides is 1. The van der Waals surface area contributed by atoms with Crippen molar-refractivity contribution in [2.45, 2.75) is 43.7 Å². The zero-order valence-electron chi connectivity index (χ0n) is 17.1. The number of nitrogens with zero attached hydrogens (tertiary/aromatic N) is 1. The zero-order valence-corrected chi connectivity index (χ0v) is 17.9. The molecule has 0 saturated heterocycles. The Hall–Kier alpha value is -2.97. The third-order valence-corrected chi connectivity index (χ3v) is 7.10.